The maximum Gasteiger partial charge on any atom is 0.355 e. The average Bonchev–Trinajstić information content (AvgIpc) is 3.12. The second-order valence-corrected chi connectivity index (χ2v) is 6.43. The predicted molar refractivity (Wildman–Crippen MR) is 85.1 cm³/mol. The number of amides is 1. The van der Waals surface area contributed by atoms with Crippen LogP contribution in [0.5, 0.6) is 5.75 Å². The summed E-state index contributed by atoms with van der Waals surface area (Å²) in [5.41, 5.74) is 3.16. The molecule has 1 aliphatic heterocycles. The predicted octanol–water partition coefficient (Wildman–Crippen LogP) is 2.25. The molecule has 0 aliphatic carbocycles. The fraction of sp³-hybridized carbons (Fsp3) is 0.312. The van der Waals surface area contributed by atoms with Crippen molar-refractivity contribution >= 4 is 23.2 Å². The first-order valence-corrected chi connectivity index (χ1v) is 8.03. The molecule has 1 aromatic heterocycles. The minimum Gasteiger partial charge on any atom is -0.492 e. The Kier molecular flexibility index (Phi) is 4.04. The third-order valence-corrected chi connectivity index (χ3v) is 4.76. The number of carboxylic acids is 1. The highest BCUT2D eigenvalue weighted by Gasteiger charge is 2.30. The monoisotopic (exact) mass is 332 g/mol. The molecule has 1 aliphatic rings. The van der Waals surface area contributed by atoms with Gasteiger partial charge in [-0.25, -0.2) is 9.78 Å². The van der Waals surface area contributed by atoms with Gasteiger partial charge >= 0.3 is 5.97 Å². The lowest BCUT2D eigenvalue weighted by atomic mass is 9.96. The molecular weight excluding hydrogens is 316 g/mol. The molecule has 2 heterocycles. The van der Waals surface area contributed by atoms with Gasteiger partial charge in [-0.15, -0.1) is 11.3 Å². The quantitative estimate of drug-likeness (QED) is 0.896. The van der Waals surface area contributed by atoms with Crippen LogP contribution >= 0.6 is 11.3 Å². The zero-order valence-electron chi connectivity index (χ0n) is 12.8. The second kappa shape index (κ2) is 6.00. The molecule has 1 unspecified atom stereocenters. The molecule has 1 atom stereocenters. The molecule has 0 spiro atoms. The standard InChI is InChI=1S/C16H16N2O4S/c1-8-3-10-11(6-22-13(10)4-9(8)2)15(19)17-5-14-18-12(7-23-14)16(20)21/h3-4,7,11H,5-6H2,1-2H3,(H,17,19)(H,20,21). The molecule has 0 radical (unpaired) electrons. The molecule has 0 saturated heterocycles. The number of nitrogens with one attached hydrogen (secondary N) is 1. The van der Waals surface area contributed by atoms with Crippen molar-refractivity contribution in [2.45, 2.75) is 26.3 Å². The van der Waals surface area contributed by atoms with Gasteiger partial charge in [0.05, 0.1) is 6.54 Å². The van der Waals surface area contributed by atoms with Crippen LogP contribution in [0.3, 0.4) is 0 Å². The Bertz CT molecular complexity index is 784. The van der Waals surface area contributed by atoms with E-state index in [2.05, 4.69) is 10.3 Å². The molecule has 1 aromatic carbocycles. The molecule has 7 heteroatoms. The van der Waals surface area contributed by atoms with Crippen molar-refractivity contribution in [3.63, 3.8) is 0 Å². The third kappa shape index (κ3) is 3.05. The van der Waals surface area contributed by atoms with Gasteiger partial charge in [0, 0.05) is 10.9 Å². The Balaban J connectivity index is 1.68. The lowest BCUT2D eigenvalue weighted by Crippen LogP contribution is -2.29. The molecule has 6 nitrogen and oxygen atoms in total. The number of carboxylic acid groups (broad SMARTS) is 1. The number of hydrogen-bond donors (Lipinski definition) is 2. The number of carbonyl (C=O) groups is 2. The highest BCUT2D eigenvalue weighted by Crippen LogP contribution is 2.36. The van der Waals surface area contributed by atoms with E-state index < -0.39 is 5.97 Å². The molecule has 0 saturated carbocycles. The number of aromatic nitrogens is 1. The van der Waals surface area contributed by atoms with Crippen molar-refractivity contribution < 1.29 is 19.4 Å². The Labute approximate surface area is 137 Å². The number of ether oxygens (including phenoxy) is 1. The van der Waals surface area contributed by atoms with Gasteiger partial charge in [0.1, 0.15) is 23.3 Å². The largest absolute Gasteiger partial charge is 0.492 e. The number of thiazole rings is 1. The number of rotatable bonds is 4. The number of aromatic carboxylic acids is 1. The smallest absolute Gasteiger partial charge is 0.355 e. The van der Waals surface area contributed by atoms with Gasteiger partial charge in [0.2, 0.25) is 5.91 Å². The number of nitrogens with zero attached hydrogens (tertiary/aromatic N) is 1. The van der Waals surface area contributed by atoms with Crippen LogP contribution in [0, 0.1) is 13.8 Å². The first-order valence-electron chi connectivity index (χ1n) is 7.15. The molecular formula is C16H16N2O4S. The van der Waals surface area contributed by atoms with Gasteiger partial charge in [0.25, 0.3) is 0 Å². The van der Waals surface area contributed by atoms with Crippen LogP contribution in [0.2, 0.25) is 0 Å². The molecule has 23 heavy (non-hydrogen) atoms. The molecule has 0 fully saturated rings. The molecule has 2 aromatic rings. The SMILES string of the molecule is Cc1cc2c(cc1C)C(C(=O)NCc1nc(C(=O)O)cs1)CO2. The zero-order valence-corrected chi connectivity index (χ0v) is 13.6. The number of fused-ring (bicyclic) bond motifs is 1. The second-order valence-electron chi connectivity index (χ2n) is 5.49. The lowest BCUT2D eigenvalue weighted by molar-refractivity contribution is -0.122. The van der Waals surface area contributed by atoms with Crippen molar-refractivity contribution in [3.8, 4) is 5.75 Å². The van der Waals surface area contributed by atoms with Crippen LogP contribution in [-0.4, -0.2) is 28.6 Å². The Morgan fingerprint density at radius 1 is 1.39 bits per heavy atom. The van der Waals surface area contributed by atoms with Gasteiger partial charge in [-0.05, 0) is 31.0 Å². The average molecular weight is 332 g/mol. The summed E-state index contributed by atoms with van der Waals surface area (Å²) in [4.78, 5) is 27.1. The van der Waals surface area contributed by atoms with Crippen LogP contribution < -0.4 is 10.1 Å². The third-order valence-electron chi connectivity index (χ3n) is 3.91. The normalized spacial score (nSPS) is 15.8. The fourth-order valence-electron chi connectivity index (χ4n) is 2.47. The molecule has 3 rings (SSSR count). The summed E-state index contributed by atoms with van der Waals surface area (Å²) in [5.74, 6) is -0.791. The molecule has 120 valence electrons. The van der Waals surface area contributed by atoms with E-state index in [-0.39, 0.29) is 24.1 Å². The van der Waals surface area contributed by atoms with Crippen LogP contribution in [0.4, 0.5) is 0 Å². The first kappa shape index (κ1) is 15.5. The van der Waals surface area contributed by atoms with E-state index in [0.29, 0.717) is 11.6 Å². The van der Waals surface area contributed by atoms with E-state index in [1.807, 2.05) is 26.0 Å². The highest BCUT2D eigenvalue weighted by molar-refractivity contribution is 7.09. The maximum atomic E-state index is 12.4. The summed E-state index contributed by atoms with van der Waals surface area (Å²) in [5, 5.41) is 13.7. The lowest BCUT2D eigenvalue weighted by Gasteiger charge is -2.10. The van der Waals surface area contributed by atoms with Crippen molar-refractivity contribution in [3.05, 3.63) is 44.9 Å². The van der Waals surface area contributed by atoms with E-state index in [9.17, 15) is 9.59 Å². The van der Waals surface area contributed by atoms with Crippen molar-refractivity contribution in [2.24, 2.45) is 0 Å². The molecule has 2 N–H and O–H groups in total. The zero-order chi connectivity index (χ0) is 16.6. The first-order chi connectivity index (χ1) is 11.0. The van der Waals surface area contributed by atoms with Crippen LogP contribution in [-0.2, 0) is 11.3 Å². The van der Waals surface area contributed by atoms with E-state index >= 15 is 0 Å². The maximum absolute atomic E-state index is 12.4. The summed E-state index contributed by atoms with van der Waals surface area (Å²) < 4.78 is 5.60. The Hall–Kier alpha value is -2.41. The van der Waals surface area contributed by atoms with Crippen molar-refractivity contribution in [1.29, 1.82) is 0 Å². The minimum atomic E-state index is -1.07. The van der Waals surface area contributed by atoms with E-state index in [4.69, 9.17) is 9.84 Å². The summed E-state index contributed by atoms with van der Waals surface area (Å²) in [6.45, 7) is 4.55. The van der Waals surface area contributed by atoms with Gasteiger partial charge in [-0.1, -0.05) is 6.07 Å². The van der Waals surface area contributed by atoms with Gasteiger partial charge < -0.3 is 15.2 Å². The van der Waals surface area contributed by atoms with Crippen LogP contribution in [0.25, 0.3) is 0 Å². The van der Waals surface area contributed by atoms with Gasteiger partial charge in [-0.2, -0.15) is 0 Å². The van der Waals surface area contributed by atoms with Gasteiger partial charge in [0.15, 0.2) is 5.69 Å². The summed E-state index contributed by atoms with van der Waals surface area (Å²) in [6.07, 6.45) is 0. The van der Waals surface area contributed by atoms with E-state index in [0.717, 1.165) is 22.4 Å². The summed E-state index contributed by atoms with van der Waals surface area (Å²) in [7, 11) is 0. The summed E-state index contributed by atoms with van der Waals surface area (Å²) >= 11 is 1.21. The van der Waals surface area contributed by atoms with Crippen molar-refractivity contribution in [2.75, 3.05) is 6.61 Å². The van der Waals surface area contributed by atoms with Crippen molar-refractivity contribution in [1.82, 2.24) is 10.3 Å². The van der Waals surface area contributed by atoms with Crippen LogP contribution in [0.1, 0.15) is 38.1 Å². The minimum absolute atomic E-state index is 0.0000978. The number of benzene rings is 1. The fourth-order valence-corrected chi connectivity index (χ4v) is 3.17. The van der Waals surface area contributed by atoms with Crippen LogP contribution in [0.15, 0.2) is 17.5 Å². The van der Waals surface area contributed by atoms with E-state index in [1.165, 1.54) is 16.7 Å². The van der Waals surface area contributed by atoms with Gasteiger partial charge in [-0.3, -0.25) is 4.79 Å². The topological polar surface area (TPSA) is 88.5 Å². The number of carbonyl (C=O) groups excluding carboxylic acids is 1. The highest BCUT2D eigenvalue weighted by atomic mass is 32.1. The Morgan fingerprint density at radius 3 is 2.83 bits per heavy atom. The molecule has 0 bridgehead atoms. The summed E-state index contributed by atoms with van der Waals surface area (Å²) in [6, 6.07) is 3.95. The molecule has 1 amide bonds. The van der Waals surface area contributed by atoms with E-state index in [1.54, 1.807) is 0 Å². The Morgan fingerprint density at radius 2 is 2.13 bits per heavy atom. The number of hydrogen-bond acceptors (Lipinski definition) is 5. The number of aryl methyl sites for hydroxylation is 2.